The van der Waals surface area contributed by atoms with Gasteiger partial charge in [0.1, 0.15) is 11.3 Å². The molecule has 4 rings (SSSR count). The van der Waals surface area contributed by atoms with E-state index in [9.17, 15) is 4.79 Å². The maximum Gasteiger partial charge on any atom is 0.250 e. The summed E-state index contributed by atoms with van der Waals surface area (Å²) in [6.07, 6.45) is 3.30. The molecule has 35 heavy (non-hydrogen) atoms. The number of carbonyl (C=O) groups excluding carboxylic acids is 1. The molecule has 0 saturated carbocycles. The number of hydrogen-bond acceptors (Lipinski definition) is 7. The normalized spacial score (nSPS) is 11.5. The van der Waals surface area contributed by atoms with Crippen molar-refractivity contribution in [2.45, 2.75) is 27.7 Å². The predicted octanol–water partition coefficient (Wildman–Crippen LogP) is 6.63. The topological polar surface area (TPSA) is 82.8 Å². The molecule has 0 aliphatic rings. The van der Waals surface area contributed by atoms with E-state index in [4.69, 9.17) is 18.6 Å². The van der Waals surface area contributed by atoms with Crippen LogP contribution in [0.4, 0.5) is 5.13 Å². The van der Waals surface area contributed by atoms with Crippen LogP contribution in [-0.2, 0) is 4.79 Å². The number of anilines is 1. The third-order valence-electron chi connectivity index (χ3n) is 5.65. The summed E-state index contributed by atoms with van der Waals surface area (Å²) in [4.78, 5) is 17.0. The Hall–Kier alpha value is -3.78. The SMILES string of the molecule is CCOc1c(/C(C)=C/C(=O)Nc2nc(C)cs2)cc2c(-c3ccc(OC)c(OC)c3)coc2c1C. The summed E-state index contributed by atoms with van der Waals surface area (Å²) in [7, 11) is 3.22. The van der Waals surface area contributed by atoms with E-state index < -0.39 is 0 Å². The zero-order chi connectivity index (χ0) is 25.1. The number of nitrogens with one attached hydrogen (secondary N) is 1. The van der Waals surface area contributed by atoms with Crippen LogP contribution >= 0.6 is 11.3 Å². The summed E-state index contributed by atoms with van der Waals surface area (Å²) in [5.41, 5.74) is 5.90. The van der Waals surface area contributed by atoms with Crippen LogP contribution in [0.2, 0.25) is 0 Å². The minimum absolute atomic E-state index is 0.246. The Morgan fingerprint density at radius 3 is 2.60 bits per heavy atom. The summed E-state index contributed by atoms with van der Waals surface area (Å²) < 4.78 is 22.9. The largest absolute Gasteiger partial charge is 0.493 e. The van der Waals surface area contributed by atoms with Crippen LogP contribution in [0.25, 0.3) is 27.7 Å². The smallest absolute Gasteiger partial charge is 0.250 e. The average molecular weight is 493 g/mol. The number of allylic oxidation sites excluding steroid dienone is 1. The molecule has 1 amide bonds. The number of aromatic nitrogens is 1. The Bertz CT molecular complexity index is 1420. The number of hydrogen-bond donors (Lipinski definition) is 1. The highest BCUT2D eigenvalue weighted by Gasteiger charge is 2.20. The molecule has 8 heteroatoms. The van der Waals surface area contributed by atoms with Crippen LogP contribution in [0, 0.1) is 13.8 Å². The lowest BCUT2D eigenvalue weighted by atomic mass is 9.96. The minimum atomic E-state index is -0.246. The van der Waals surface area contributed by atoms with Crippen molar-refractivity contribution in [3.8, 4) is 28.4 Å². The molecule has 2 heterocycles. The van der Waals surface area contributed by atoms with Crippen LogP contribution in [-0.4, -0.2) is 31.7 Å². The maximum absolute atomic E-state index is 12.7. The Kier molecular flexibility index (Phi) is 7.12. The van der Waals surface area contributed by atoms with Crippen molar-refractivity contribution in [2.24, 2.45) is 0 Å². The highest BCUT2D eigenvalue weighted by molar-refractivity contribution is 7.13. The Balaban J connectivity index is 1.80. The zero-order valence-corrected chi connectivity index (χ0v) is 21.5. The number of furan rings is 1. The van der Waals surface area contributed by atoms with Gasteiger partial charge in [-0.1, -0.05) is 6.07 Å². The number of amides is 1. The molecule has 0 radical (unpaired) electrons. The van der Waals surface area contributed by atoms with E-state index in [-0.39, 0.29) is 5.91 Å². The fraction of sp³-hybridized carbons (Fsp3) is 0.259. The molecule has 182 valence electrons. The molecule has 7 nitrogen and oxygen atoms in total. The van der Waals surface area contributed by atoms with Crippen molar-refractivity contribution in [1.82, 2.24) is 4.98 Å². The quantitative estimate of drug-likeness (QED) is 0.278. The Morgan fingerprint density at radius 1 is 1.17 bits per heavy atom. The van der Waals surface area contributed by atoms with Crippen molar-refractivity contribution in [2.75, 3.05) is 26.1 Å². The van der Waals surface area contributed by atoms with E-state index in [2.05, 4.69) is 10.3 Å². The van der Waals surface area contributed by atoms with Gasteiger partial charge >= 0.3 is 0 Å². The first-order valence-electron chi connectivity index (χ1n) is 11.2. The van der Waals surface area contributed by atoms with Crippen LogP contribution in [0.3, 0.4) is 0 Å². The molecule has 0 fully saturated rings. The van der Waals surface area contributed by atoms with E-state index in [1.807, 2.05) is 57.3 Å². The highest BCUT2D eigenvalue weighted by atomic mass is 32.1. The first-order chi connectivity index (χ1) is 16.9. The molecule has 1 N–H and O–H groups in total. The van der Waals surface area contributed by atoms with E-state index in [1.165, 1.54) is 11.3 Å². The molecule has 0 bridgehead atoms. The van der Waals surface area contributed by atoms with Gasteiger partial charge in [0.05, 0.1) is 32.8 Å². The number of fused-ring (bicyclic) bond motifs is 1. The summed E-state index contributed by atoms with van der Waals surface area (Å²) in [5, 5.41) is 6.21. The molecular weight excluding hydrogens is 464 g/mol. The second-order valence-corrected chi connectivity index (χ2v) is 8.88. The van der Waals surface area contributed by atoms with Crippen molar-refractivity contribution < 1.29 is 23.4 Å². The number of methoxy groups -OCH3 is 2. The minimum Gasteiger partial charge on any atom is -0.493 e. The van der Waals surface area contributed by atoms with Gasteiger partial charge in [0, 0.05) is 33.5 Å². The number of ether oxygens (including phenoxy) is 3. The van der Waals surface area contributed by atoms with Crippen LogP contribution in [0.15, 0.2) is 46.4 Å². The third kappa shape index (κ3) is 4.88. The summed E-state index contributed by atoms with van der Waals surface area (Å²) >= 11 is 1.39. The molecule has 0 saturated heterocycles. The predicted molar refractivity (Wildman–Crippen MR) is 140 cm³/mol. The van der Waals surface area contributed by atoms with Gasteiger partial charge in [0.25, 0.3) is 0 Å². The number of nitrogens with zero attached hydrogens (tertiary/aromatic N) is 1. The molecule has 0 aliphatic carbocycles. The van der Waals surface area contributed by atoms with Gasteiger partial charge in [-0.15, -0.1) is 11.3 Å². The molecule has 2 aromatic heterocycles. The first-order valence-corrected chi connectivity index (χ1v) is 12.1. The number of rotatable bonds is 8. The fourth-order valence-corrected chi connectivity index (χ4v) is 4.68. The van der Waals surface area contributed by atoms with Gasteiger partial charge in [-0.05, 0) is 57.0 Å². The average Bonchev–Trinajstić information content (AvgIpc) is 3.46. The van der Waals surface area contributed by atoms with Gasteiger partial charge in [0.15, 0.2) is 16.6 Å². The van der Waals surface area contributed by atoms with Gasteiger partial charge in [0.2, 0.25) is 5.91 Å². The second-order valence-electron chi connectivity index (χ2n) is 8.02. The van der Waals surface area contributed by atoms with Crippen molar-refractivity contribution >= 4 is 38.9 Å². The van der Waals surface area contributed by atoms with Gasteiger partial charge in [-0.2, -0.15) is 0 Å². The highest BCUT2D eigenvalue weighted by Crippen LogP contribution is 2.42. The summed E-state index contributed by atoms with van der Waals surface area (Å²) in [5.74, 6) is 1.73. The van der Waals surface area contributed by atoms with E-state index in [0.717, 1.165) is 44.5 Å². The van der Waals surface area contributed by atoms with Crippen molar-refractivity contribution in [3.63, 3.8) is 0 Å². The van der Waals surface area contributed by atoms with E-state index in [0.29, 0.717) is 29.0 Å². The van der Waals surface area contributed by atoms with Crippen molar-refractivity contribution in [1.29, 1.82) is 0 Å². The van der Waals surface area contributed by atoms with Gasteiger partial charge in [-0.25, -0.2) is 4.98 Å². The van der Waals surface area contributed by atoms with Crippen molar-refractivity contribution in [3.05, 3.63) is 58.8 Å². The number of thiazole rings is 1. The Morgan fingerprint density at radius 2 is 1.94 bits per heavy atom. The second kappa shape index (κ2) is 10.2. The van der Waals surface area contributed by atoms with Crippen LogP contribution < -0.4 is 19.5 Å². The number of aryl methyl sites for hydroxylation is 2. The molecule has 4 aromatic rings. The monoisotopic (exact) mass is 492 g/mol. The van der Waals surface area contributed by atoms with Gasteiger partial charge < -0.3 is 18.6 Å². The zero-order valence-electron chi connectivity index (χ0n) is 20.6. The molecule has 0 spiro atoms. The lowest BCUT2D eigenvalue weighted by Gasteiger charge is -2.15. The van der Waals surface area contributed by atoms with Crippen LogP contribution in [0.5, 0.6) is 17.2 Å². The molecule has 2 aromatic carbocycles. The molecule has 0 unspecified atom stereocenters. The lowest BCUT2D eigenvalue weighted by molar-refractivity contribution is -0.111. The van der Waals surface area contributed by atoms with E-state index in [1.54, 1.807) is 26.6 Å². The van der Waals surface area contributed by atoms with E-state index >= 15 is 0 Å². The molecular formula is C27H28N2O5S. The number of carbonyl (C=O) groups is 1. The summed E-state index contributed by atoms with van der Waals surface area (Å²) in [6, 6.07) is 7.75. The molecule has 0 atom stereocenters. The number of benzene rings is 2. The first kappa shape index (κ1) is 24.3. The maximum atomic E-state index is 12.7. The van der Waals surface area contributed by atoms with Gasteiger partial charge in [-0.3, -0.25) is 10.1 Å². The standard InChI is InChI=1S/C27H28N2O5S/c1-7-33-25-17(4)26-20(21(13-34-26)18-8-9-22(31-5)23(11-18)32-6)12-19(25)15(2)10-24(30)29-27-28-16(3)14-35-27/h8-14H,7H2,1-6H3,(H,28,29,30)/b15-10+. The fourth-order valence-electron chi connectivity index (χ4n) is 3.99. The Labute approximate surface area is 208 Å². The lowest BCUT2D eigenvalue weighted by Crippen LogP contribution is -2.08. The van der Waals surface area contributed by atoms with Crippen LogP contribution in [0.1, 0.15) is 30.7 Å². The summed E-state index contributed by atoms with van der Waals surface area (Å²) in [6.45, 7) is 8.17. The molecule has 0 aliphatic heterocycles. The third-order valence-corrected chi connectivity index (χ3v) is 6.52.